The maximum absolute atomic E-state index is 11.8. The number of halogens is 2. The molecule has 0 saturated carbocycles. The molecule has 1 atom stereocenters. The van der Waals surface area contributed by atoms with E-state index in [1.54, 1.807) is 19.1 Å². The van der Waals surface area contributed by atoms with Gasteiger partial charge in [-0.25, -0.2) is 0 Å². The van der Waals surface area contributed by atoms with Gasteiger partial charge in [0.05, 0.1) is 11.7 Å². The highest BCUT2D eigenvalue weighted by Gasteiger charge is 2.09. The molecule has 1 aromatic rings. The van der Waals surface area contributed by atoms with Crippen molar-refractivity contribution in [1.29, 1.82) is 0 Å². The van der Waals surface area contributed by atoms with Gasteiger partial charge in [0, 0.05) is 15.1 Å². The number of benzene rings is 1. The summed E-state index contributed by atoms with van der Waals surface area (Å²) >= 11 is 7.95. The second kappa shape index (κ2) is 7.18. The lowest BCUT2D eigenvalue weighted by molar-refractivity contribution is 0.0949. The van der Waals surface area contributed by atoms with Gasteiger partial charge >= 0.3 is 0 Å². The van der Waals surface area contributed by atoms with Crippen molar-refractivity contribution in [2.75, 3.05) is 6.54 Å². The topological polar surface area (TPSA) is 49.3 Å². The van der Waals surface area contributed by atoms with Crippen LogP contribution >= 0.6 is 34.2 Å². The van der Waals surface area contributed by atoms with Crippen LogP contribution in [0.25, 0.3) is 0 Å². The standard InChI is InChI=1S/C12H15ClINO2/c1-8(16)3-2-6-15-12(17)10-7-9(13)4-5-11(10)14/h4-5,7-8,16H,2-3,6H2,1H3,(H,15,17). The van der Waals surface area contributed by atoms with E-state index in [4.69, 9.17) is 16.7 Å². The first-order valence-electron chi connectivity index (χ1n) is 5.42. The van der Waals surface area contributed by atoms with E-state index in [0.29, 0.717) is 23.6 Å². The van der Waals surface area contributed by atoms with Crippen LogP contribution in [0.1, 0.15) is 30.1 Å². The predicted molar refractivity (Wildman–Crippen MR) is 77.4 cm³/mol. The monoisotopic (exact) mass is 367 g/mol. The van der Waals surface area contributed by atoms with Crippen LogP contribution in [0.5, 0.6) is 0 Å². The molecule has 0 aliphatic carbocycles. The molecule has 0 radical (unpaired) electrons. The van der Waals surface area contributed by atoms with Crippen LogP contribution in [0.3, 0.4) is 0 Å². The van der Waals surface area contributed by atoms with Gasteiger partial charge in [0.25, 0.3) is 5.91 Å². The van der Waals surface area contributed by atoms with E-state index in [0.717, 1.165) is 9.99 Å². The fourth-order valence-electron chi connectivity index (χ4n) is 1.37. The van der Waals surface area contributed by atoms with Crippen molar-refractivity contribution >= 4 is 40.1 Å². The van der Waals surface area contributed by atoms with E-state index in [-0.39, 0.29) is 12.0 Å². The van der Waals surface area contributed by atoms with E-state index in [1.807, 2.05) is 6.07 Å². The molecule has 94 valence electrons. The highest BCUT2D eigenvalue weighted by atomic mass is 127. The zero-order valence-electron chi connectivity index (χ0n) is 9.54. The molecule has 3 nitrogen and oxygen atoms in total. The van der Waals surface area contributed by atoms with E-state index in [1.165, 1.54) is 0 Å². The van der Waals surface area contributed by atoms with Gasteiger partial charge in [-0.2, -0.15) is 0 Å². The van der Waals surface area contributed by atoms with Crippen molar-refractivity contribution in [2.24, 2.45) is 0 Å². The van der Waals surface area contributed by atoms with Crippen LogP contribution in [-0.4, -0.2) is 23.7 Å². The summed E-state index contributed by atoms with van der Waals surface area (Å²) in [6.07, 6.45) is 1.13. The van der Waals surface area contributed by atoms with Crippen LogP contribution < -0.4 is 5.32 Å². The molecule has 2 N–H and O–H groups in total. The first-order valence-corrected chi connectivity index (χ1v) is 6.87. The Hall–Kier alpha value is -0.330. The minimum Gasteiger partial charge on any atom is -0.393 e. The third kappa shape index (κ3) is 5.23. The average molecular weight is 368 g/mol. The molecule has 17 heavy (non-hydrogen) atoms. The van der Waals surface area contributed by atoms with Gasteiger partial charge in [-0.15, -0.1) is 0 Å². The molecule has 0 saturated heterocycles. The zero-order chi connectivity index (χ0) is 12.8. The number of hydrogen-bond acceptors (Lipinski definition) is 2. The van der Waals surface area contributed by atoms with Gasteiger partial charge in [-0.1, -0.05) is 11.6 Å². The first kappa shape index (κ1) is 14.7. The summed E-state index contributed by atoms with van der Waals surface area (Å²) in [5, 5.41) is 12.4. The Morgan fingerprint density at radius 2 is 2.29 bits per heavy atom. The number of nitrogens with one attached hydrogen (secondary N) is 1. The first-order chi connectivity index (χ1) is 8.00. The Bertz CT molecular complexity index is 396. The Kier molecular flexibility index (Phi) is 6.22. The van der Waals surface area contributed by atoms with E-state index >= 15 is 0 Å². The highest BCUT2D eigenvalue weighted by Crippen LogP contribution is 2.17. The molecule has 5 heteroatoms. The molecule has 0 aromatic heterocycles. The molecule has 1 rings (SSSR count). The van der Waals surface area contributed by atoms with Gasteiger partial charge in [-0.3, -0.25) is 4.79 Å². The van der Waals surface area contributed by atoms with E-state index in [2.05, 4.69) is 27.9 Å². The summed E-state index contributed by atoms with van der Waals surface area (Å²) in [7, 11) is 0. The molecule has 1 unspecified atom stereocenters. The lowest BCUT2D eigenvalue weighted by Crippen LogP contribution is -2.25. The lowest BCUT2D eigenvalue weighted by atomic mass is 10.2. The van der Waals surface area contributed by atoms with Gasteiger partial charge in [0.15, 0.2) is 0 Å². The molecule has 0 bridgehead atoms. The molecular weight excluding hydrogens is 352 g/mol. The quantitative estimate of drug-likeness (QED) is 0.621. The molecular formula is C12H15ClINO2. The Balaban J connectivity index is 2.49. The third-order valence-electron chi connectivity index (χ3n) is 2.26. The summed E-state index contributed by atoms with van der Waals surface area (Å²) in [5.74, 6) is -0.123. The van der Waals surface area contributed by atoms with Gasteiger partial charge < -0.3 is 10.4 Å². The van der Waals surface area contributed by atoms with Crippen molar-refractivity contribution in [3.63, 3.8) is 0 Å². The number of aliphatic hydroxyl groups excluding tert-OH is 1. The summed E-state index contributed by atoms with van der Waals surface area (Å²) in [6, 6.07) is 5.23. The molecule has 0 heterocycles. The fourth-order valence-corrected chi connectivity index (χ4v) is 2.12. The predicted octanol–water partition coefficient (Wildman–Crippen LogP) is 2.84. The van der Waals surface area contributed by atoms with Gasteiger partial charge in [0.2, 0.25) is 0 Å². The van der Waals surface area contributed by atoms with Crippen LogP contribution in [0.4, 0.5) is 0 Å². The minimum atomic E-state index is -0.321. The third-order valence-corrected chi connectivity index (χ3v) is 3.43. The van der Waals surface area contributed by atoms with E-state index < -0.39 is 0 Å². The summed E-state index contributed by atoms with van der Waals surface area (Å²) in [6.45, 7) is 2.30. The molecule has 0 aliphatic rings. The Morgan fingerprint density at radius 3 is 2.94 bits per heavy atom. The van der Waals surface area contributed by atoms with Crippen LogP contribution in [0, 0.1) is 3.57 Å². The van der Waals surface area contributed by atoms with Gasteiger partial charge in [0.1, 0.15) is 0 Å². The number of carbonyl (C=O) groups excluding carboxylic acids is 1. The normalized spacial score (nSPS) is 12.2. The number of carbonyl (C=O) groups is 1. The van der Waals surface area contributed by atoms with Crippen molar-refractivity contribution in [2.45, 2.75) is 25.9 Å². The maximum Gasteiger partial charge on any atom is 0.252 e. The minimum absolute atomic E-state index is 0.123. The van der Waals surface area contributed by atoms with Crippen molar-refractivity contribution in [3.8, 4) is 0 Å². The molecule has 0 spiro atoms. The molecule has 1 aromatic carbocycles. The summed E-state index contributed by atoms with van der Waals surface area (Å²) in [5.41, 5.74) is 0.593. The van der Waals surface area contributed by atoms with Crippen LogP contribution in [0.2, 0.25) is 5.02 Å². The highest BCUT2D eigenvalue weighted by molar-refractivity contribution is 14.1. The second-order valence-corrected chi connectivity index (χ2v) is 5.47. The Morgan fingerprint density at radius 1 is 1.59 bits per heavy atom. The number of aliphatic hydroxyl groups is 1. The molecule has 0 fully saturated rings. The second-order valence-electron chi connectivity index (χ2n) is 3.87. The molecule has 1 amide bonds. The van der Waals surface area contributed by atoms with Crippen molar-refractivity contribution in [3.05, 3.63) is 32.4 Å². The van der Waals surface area contributed by atoms with Crippen molar-refractivity contribution in [1.82, 2.24) is 5.32 Å². The van der Waals surface area contributed by atoms with Crippen LogP contribution in [-0.2, 0) is 0 Å². The Labute approximate surface area is 120 Å². The average Bonchev–Trinajstić information content (AvgIpc) is 2.27. The lowest BCUT2D eigenvalue weighted by Gasteiger charge is -2.08. The fraction of sp³-hybridized carbons (Fsp3) is 0.417. The number of amides is 1. The smallest absolute Gasteiger partial charge is 0.252 e. The SMILES string of the molecule is CC(O)CCCNC(=O)c1cc(Cl)ccc1I. The summed E-state index contributed by atoms with van der Waals surface area (Å²) in [4.78, 5) is 11.8. The van der Waals surface area contributed by atoms with Crippen LogP contribution in [0.15, 0.2) is 18.2 Å². The zero-order valence-corrected chi connectivity index (χ0v) is 12.5. The van der Waals surface area contributed by atoms with Gasteiger partial charge in [-0.05, 0) is 60.6 Å². The summed E-state index contributed by atoms with van der Waals surface area (Å²) < 4.78 is 0.875. The van der Waals surface area contributed by atoms with E-state index in [9.17, 15) is 4.79 Å². The maximum atomic E-state index is 11.8. The molecule has 0 aliphatic heterocycles. The largest absolute Gasteiger partial charge is 0.393 e. The van der Waals surface area contributed by atoms with Crippen molar-refractivity contribution < 1.29 is 9.90 Å². The number of hydrogen-bond donors (Lipinski definition) is 2. The number of rotatable bonds is 5.